The summed E-state index contributed by atoms with van der Waals surface area (Å²) < 4.78 is 18.8. The number of ether oxygens (including phenoxy) is 1. The molecule has 1 aliphatic rings. The molecule has 1 amide bonds. The molecule has 4 rings (SSSR count). The summed E-state index contributed by atoms with van der Waals surface area (Å²) in [6.07, 6.45) is 4.32. The van der Waals surface area contributed by atoms with Crippen LogP contribution in [0.15, 0.2) is 54.7 Å². The second-order valence-electron chi connectivity index (χ2n) is 6.74. The lowest BCUT2D eigenvalue weighted by Gasteiger charge is -2.24. The van der Waals surface area contributed by atoms with Gasteiger partial charge in [-0.25, -0.2) is 9.18 Å². The first-order valence-electron chi connectivity index (χ1n) is 8.93. The minimum atomic E-state index is -0.262. The van der Waals surface area contributed by atoms with Gasteiger partial charge < -0.3 is 14.6 Å². The van der Waals surface area contributed by atoms with E-state index in [0.717, 1.165) is 47.8 Å². The number of likely N-dealkylation sites (tertiary alicyclic amines) is 1. The van der Waals surface area contributed by atoms with Gasteiger partial charge >= 0.3 is 6.09 Å². The summed E-state index contributed by atoms with van der Waals surface area (Å²) in [6.45, 7) is 1.00. The van der Waals surface area contributed by atoms with Gasteiger partial charge in [0.1, 0.15) is 12.4 Å². The first kappa shape index (κ1) is 16.6. The number of fused-ring (bicyclic) bond motifs is 1. The van der Waals surface area contributed by atoms with Crippen LogP contribution < -0.4 is 0 Å². The van der Waals surface area contributed by atoms with E-state index in [1.54, 1.807) is 6.07 Å². The molecule has 26 heavy (non-hydrogen) atoms. The van der Waals surface area contributed by atoms with Crippen molar-refractivity contribution in [3.05, 3.63) is 71.7 Å². The maximum Gasteiger partial charge on any atom is 0.410 e. The highest BCUT2D eigenvalue weighted by Crippen LogP contribution is 2.26. The van der Waals surface area contributed by atoms with E-state index in [-0.39, 0.29) is 24.6 Å². The quantitative estimate of drug-likeness (QED) is 0.743. The lowest BCUT2D eigenvalue weighted by molar-refractivity contribution is 0.0921. The van der Waals surface area contributed by atoms with Crippen LogP contribution in [0.2, 0.25) is 0 Å². The average molecular weight is 352 g/mol. The molecule has 0 bridgehead atoms. The summed E-state index contributed by atoms with van der Waals surface area (Å²) in [5.41, 5.74) is 2.87. The summed E-state index contributed by atoms with van der Waals surface area (Å²) in [6, 6.07) is 14.6. The molecule has 1 N–H and O–H groups in total. The van der Waals surface area contributed by atoms with Gasteiger partial charge in [0.15, 0.2) is 0 Å². The number of halogens is 1. The standard InChI is InChI=1S/C21H21FN2O2/c22-17-8-9-19-16(13-23-20(19)12-17)11-18-7-4-10-24(18)21(25)26-14-15-5-2-1-3-6-15/h1-3,5-6,8-9,12-13,18,23H,4,7,10-11,14H2/t18-/m0/s1. The number of aromatic nitrogens is 1. The van der Waals surface area contributed by atoms with Gasteiger partial charge in [0.05, 0.1) is 0 Å². The number of carbonyl (C=O) groups excluding carboxylic acids is 1. The molecule has 1 aliphatic heterocycles. The predicted octanol–water partition coefficient (Wildman–Crippen LogP) is 4.65. The van der Waals surface area contributed by atoms with Crippen LogP contribution in [0.5, 0.6) is 0 Å². The van der Waals surface area contributed by atoms with E-state index in [1.165, 1.54) is 12.1 Å². The molecular weight excluding hydrogens is 331 g/mol. The van der Waals surface area contributed by atoms with Crippen molar-refractivity contribution >= 4 is 17.0 Å². The molecule has 4 nitrogen and oxygen atoms in total. The van der Waals surface area contributed by atoms with Crippen molar-refractivity contribution in [2.24, 2.45) is 0 Å². The smallest absolute Gasteiger partial charge is 0.410 e. The van der Waals surface area contributed by atoms with E-state index in [4.69, 9.17) is 4.74 Å². The summed E-state index contributed by atoms with van der Waals surface area (Å²) >= 11 is 0. The zero-order valence-corrected chi connectivity index (χ0v) is 14.5. The average Bonchev–Trinajstić information content (AvgIpc) is 3.28. The Morgan fingerprint density at radius 1 is 1.23 bits per heavy atom. The van der Waals surface area contributed by atoms with Crippen LogP contribution >= 0.6 is 0 Å². The van der Waals surface area contributed by atoms with Gasteiger partial charge in [-0.2, -0.15) is 0 Å². The molecular formula is C21H21FN2O2. The Balaban J connectivity index is 1.43. The largest absolute Gasteiger partial charge is 0.445 e. The van der Waals surface area contributed by atoms with Crippen molar-refractivity contribution in [1.29, 1.82) is 0 Å². The van der Waals surface area contributed by atoms with Crippen molar-refractivity contribution in [1.82, 2.24) is 9.88 Å². The van der Waals surface area contributed by atoms with E-state index >= 15 is 0 Å². The van der Waals surface area contributed by atoms with Gasteiger partial charge in [-0.1, -0.05) is 30.3 Å². The van der Waals surface area contributed by atoms with Crippen LogP contribution in [0.4, 0.5) is 9.18 Å². The van der Waals surface area contributed by atoms with Crippen LogP contribution in [0.3, 0.4) is 0 Å². The van der Waals surface area contributed by atoms with Crippen molar-refractivity contribution in [2.45, 2.75) is 31.9 Å². The third kappa shape index (κ3) is 3.43. The number of nitrogens with one attached hydrogen (secondary N) is 1. The van der Waals surface area contributed by atoms with Gasteiger partial charge in [-0.15, -0.1) is 0 Å². The van der Waals surface area contributed by atoms with Gasteiger partial charge in [-0.3, -0.25) is 0 Å². The molecule has 5 heteroatoms. The Kier molecular flexibility index (Phi) is 4.61. The van der Waals surface area contributed by atoms with Crippen LogP contribution in [-0.2, 0) is 17.8 Å². The highest BCUT2D eigenvalue weighted by Gasteiger charge is 2.30. The normalized spacial score (nSPS) is 17.0. The van der Waals surface area contributed by atoms with Gasteiger partial charge in [0.2, 0.25) is 0 Å². The van der Waals surface area contributed by atoms with Crippen molar-refractivity contribution in [2.75, 3.05) is 6.54 Å². The number of aromatic amines is 1. The molecule has 2 heterocycles. The highest BCUT2D eigenvalue weighted by atomic mass is 19.1. The van der Waals surface area contributed by atoms with E-state index in [2.05, 4.69) is 4.98 Å². The topological polar surface area (TPSA) is 45.3 Å². The number of hydrogen-bond donors (Lipinski definition) is 1. The van der Waals surface area contributed by atoms with Crippen LogP contribution in [-0.4, -0.2) is 28.6 Å². The monoisotopic (exact) mass is 352 g/mol. The molecule has 0 aliphatic carbocycles. The second kappa shape index (κ2) is 7.20. The number of nitrogens with zero attached hydrogens (tertiary/aromatic N) is 1. The molecule has 1 saturated heterocycles. The SMILES string of the molecule is O=C(OCc1ccccc1)N1CCC[C@H]1Cc1c[nH]c2cc(F)ccc12. The zero-order chi connectivity index (χ0) is 17.9. The molecule has 0 unspecified atom stereocenters. The van der Waals surface area contributed by atoms with Crippen LogP contribution in [0.25, 0.3) is 10.9 Å². The van der Waals surface area contributed by atoms with Crippen molar-refractivity contribution in [3.63, 3.8) is 0 Å². The Morgan fingerprint density at radius 2 is 2.08 bits per heavy atom. The fraction of sp³-hybridized carbons (Fsp3) is 0.286. The minimum Gasteiger partial charge on any atom is -0.445 e. The fourth-order valence-electron chi connectivity index (χ4n) is 3.67. The zero-order valence-electron chi connectivity index (χ0n) is 14.5. The van der Waals surface area contributed by atoms with Gasteiger partial charge in [-0.05, 0) is 48.6 Å². The van der Waals surface area contributed by atoms with E-state index < -0.39 is 0 Å². The van der Waals surface area contributed by atoms with E-state index in [9.17, 15) is 9.18 Å². The van der Waals surface area contributed by atoms with Gasteiger partial charge in [0, 0.05) is 29.7 Å². The Hall–Kier alpha value is -2.82. The van der Waals surface area contributed by atoms with Crippen LogP contribution in [0.1, 0.15) is 24.0 Å². The summed E-state index contributed by atoms with van der Waals surface area (Å²) in [4.78, 5) is 17.5. The van der Waals surface area contributed by atoms with E-state index in [1.807, 2.05) is 41.4 Å². The predicted molar refractivity (Wildman–Crippen MR) is 98.3 cm³/mol. The Labute approximate surface area is 151 Å². The van der Waals surface area contributed by atoms with E-state index in [0.29, 0.717) is 0 Å². The maximum atomic E-state index is 13.4. The Morgan fingerprint density at radius 3 is 2.92 bits per heavy atom. The van der Waals surface area contributed by atoms with Crippen LogP contribution in [0, 0.1) is 5.82 Å². The first-order chi connectivity index (χ1) is 12.7. The Bertz CT molecular complexity index is 907. The summed E-state index contributed by atoms with van der Waals surface area (Å²) in [5, 5.41) is 1.01. The molecule has 1 aromatic heterocycles. The lowest BCUT2D eigenvalue weighted by Crippen LogP contribution is -2.37. The first-order valence-corrected chi connectivity index (χ1v) is 8.93. The van der Waals surface area contributed by atoms with Crippen molar-refractivity contribution in [3.8, 4) is 0 Å². The number of H-pyrrole nitrogens is 1. The molecule has 2 aromatic carbocycles. The third-order valence-electron chi connectivity index (χ3n) is 5.00. The molecule has 134 valence electrons. The second-order valence-corrected chi connectivity index (χ2v) is 6.74. The number of benzene rings is 2. The molecule has 0 saturated carbocycles. The lowest BCUT2D eigenvalue weighted by atomic mass is 10.0. The molecule has 3 aromatic rings. The third-order valence-corrected chi connectivity index (χ3v) is 5.00. The highest BCUT2D eigenvalue weighted by molar-refractivity contribution is 5.83. The molecule has 0 radical (unpaired) electrons. The molecule has 0 spiro atoms. The van der Waals surface area contributed by atoms with Gasteiger partial charge in [0.25, 0.3) is 0 Å². The van der Waals surface area contributed by atoms with Crippen molar-refractivity contribution < 1.29 is 13.9 Å². The number of carbonyl (C=O) groups is 1. The molecule has 1 atom stereocenters. The summed E-state index contributed by atoms with van der Waals surface area (Å²) in [7, 11) is 0. The minimum absolute atomic E-state index is 0.113. The fourth-order valence-corrected chi connectivity index (χ4v) is 3.67. The number of rotatable bonds is 4. The molecule has 1 fully saturated rings. The summed E-state index contributed by atoms with van der Waals surface area (Å²) in [5.74, 6) is -0.252. The number of amides is 1. The number of hydrogen-bond acceptors (Lipinski definition) is 2. The maximum absolute atomic E-state index is 13.4.